The van der Waals surface area contributed by atoms with E-state index in [4.69, 9.17) is 0 Å². The maximum atomic E-state index is 10.8. The molecule has 1 aromatic heterocycles. The molecule has 0 fully saturated rings. The van der Waals surface area contributed by atoms with E-state index in [0.29, 0.717) is 12.1 Å². The van der Waals surface area contributed by atoms with Crippen molar-refractivity contribution in [2.24, 2.45) is 0 Å². The molecule has 0 aliphatic rings. The van der Waals surface area contributed by atoms with Crippen LogP contribution < -0.4 is 10.9 Å². The zero-order chi connectivity index (χ0) is 8.27. The van der Waals surface area contributed by atoms with E-state index >= 15 is 0 Å². The fraction of sp³-hybridized carbons (Fsp3) is 0.167. The lowest BCUT2D eigenvalue weighted by Crippen LogP contribution is -2.15. The minimum atomic E-state index is -0.400. The molecule has 1 rings (SSSR count). The molecule has 0 spiro atoms. The van der Waals surface area contributed by atoms with E-state index in [1.54, 1.807) is 6.92 Å². The maximum Gasteiger partial charge on any atom is 0.291 e. The van der Waals surface area contributed by atoms with Gasteiger partial charge in [-0.3, -0.25) is 9.59 Å². The van der Waals surface area contributed by atoms with E-state index in [1.807, 2.05) is 0 Å². The number of hydrogen-bond donors (Lipinski definition) is 2. The molecule has 1 aromatic rings. The fourth-order valence-corrected chi connectivity index (χ4v) is 0.651. The first-order chi connectivity index (χ1) is 5.24. The van der Waals surface area contributed by atoms with Crippen molar-refractivity contribution in [3.8, 4) is 0 Å². The summed E-state index contributed by atoms with van der Waals surface area (Å²) in [6, 6.07) is 0. The lowest BCUT2D eigenvalue weighted by Gasteiger charge is -1.95. The van der Waals surface area contributed by atoms with Crippen molar-refractivity contribution < 1.29 is 4.79 Å². The van der Waals surface area contributed by atoms with Crippen LogP contribution in [0.4, 0.5) is 5.82 Å². The number of aromatic amines is 1. The molecule has 5 nitrogen and oxygen atoms in total. The molecule has 0 atom stereocenters. The molecular weight excluding hydrogens is 146 g/mol. The number of carbonyl (C=O) groups excluding carboxylic acids is 1. The molecule has 1 heterocycles. The molecule has 0 unspecified atom stereocenters. The lowest BCUT2D eigenvalue weighted by atomic mass is 10.5. The number of nitrogens with zero attached hydrogens (tertiary/aromatic N) is 1. The third-order valence-electron chi connectivity index (χ3n) is 1.11. The van der Waals surface area contributed by atoms with Crippen molar-refractivity contribution in [3.05, 3.63) is 22.2 Å². The molecular formula is C6H7N3O2. The van der Waals surface area contributed by atoms with Crippen LogP contribution in [-0.2, 0) is 4.79 Å². The van der Waals surface area contributed by atoms with Gasteiger partial charge in [-0.05, 0) is 6.92 Å². The highest BCUT2D eigenvalue weighted by molar-refractivity contribution is 5.67. The van der Waals surface area contributed by atoms with Gasteiger partial charge in [0.05, 0.1) is 5.69 Å². The van der Waals surface area contributed by atoms with Crippen LogP contribution in [0.25, 0.3) is 0 Å². The average Bonchev–Trinajstić information content (AvgIpc) is 1.98. The van der Waals surface area contributed by atoms with Crippen LogP contribution in [0.3, 0.4) is 0 Å². The standard InChI is InChI=1S/C6H7N3O2/c1-4-2-7-6(11)5(9-4)8-3-10/h2-3H,1H3,(H,7,11)(H,8,9,10). The number of aromatic nitrogens is 2. The highest BCUT2D eigenvalue weighted by Gasteiger charge is 1.97. The zero-order valence-corrected chi connectivity index (χ0v) is 5.92. The Labute approximate surface area is 62.5 Å². The van der Waals surface area contributed by atoms with Gasteiger partial charge in [-0.2, -0.15) is 0 Å². The molecule has 0 radical (unpaired) electrons. The summed E-state index contributed by atoms with van der Waals surface area (Å²) in [6.45, 7) is 1.71. The van der Waals surface area contributed by atoms with Gasteiger partial charge in [-0.25, -0.2) is 4.98 Å². The van der Waals surface area contributed by atoms with Crippen LogP contribution in [0.5, 0.6) is 0 Å². The second kappa shape index (κ2) is 2.96. The smallest absolute Gasteiger partial charge is 0.291 e. The summed E-state index contributed by atoms with van der Waals surface area (Å²) in [7, 11) is 0. The monoisotopic (exact) mass is 153 g/mol. The minimum absolute atomic E-state index is 0.0278. The van der Waals surface area contributed by atoms with Crippen LogP contribution in [0.1, 0.15) is 5.69 Å². The van der Waals surface area contributed by atoms with E-state index in [1.165, 1.54) is 6.20 Å². The molecule has 58 valence electrons. The summed E-state index contributed by atoms with van der Waals surface area (Å²) < 4.78 is 0. The Morgan fingerprint density at radius 3 is 3.09 bits per heavy atom. The molecule has 11 heavy (non-hydrogen) atoms. The first-order valence-electron chi connectivity index (χ1n) is 3.00. The third-order valence-corrected chi connectivity index (χ3v) is 1.11. The Morgan fingerprint density at radius 2 is 2.45 bits per heavy atom. The summed E-state index contributed by atoms with van der Waals surface area (Å²) in [6.07, 6.45) is 1.88. The number of carbonyl (C=O) groups is 1. The molecule has 0 bridgehead atoms. The van der Waals surface area contributed by atoms with E-state index in [0.717, 1.165) is 0 Å². The van der Waals surface area contributed by atoms with Crippen molar-refractivity contribution in [1.29, 1.82) is 0 Å². The highest BCUT2D eigenvalue weighted by atomic mass is 16.1. The first-order valence-corrected chi connectivity index (χ1v) is 3.00. The van der Waals surface area contributed by atoms with E-state index in [9.17, 15) is 9.59 Å². The number of hydrogen-bond acceptors (Lipinski definition) is 3. The number of aryl methyl sites for hydroxylation is 1. The van der Waals surface area contributed by atoms with Crippen LogP contribution in [0.2, 0.25) is 0 Å². The van der Waals surface area contributed by atoms with Gasteiger partial charge in [0.25, 0.3) is 5.56 Å². The van der Waals surface area contributed by atoms with Gasteiger partial charge in [0.15, 0.2) is 5.82 Å². The van der Waals surface area contributed by atoms with Gasteiger partial charge >= 0.3 is 0 Å². The number of rotatable bonds is 2. The fourth-order valence-electron chi connectivity index (χ4n) is 0.651. The van der Waals surface area contributed by atoms with Crippen LogP contribution in [0.15, 0.2) is 11.0 Å². The van der Waals surface area contributed by atoms with E-state index in [-0.39, 0.29) is 5.82 Å². The Balaban J connectivity index is 3.12. The second-order valence-corrected chi connectivity index (χ2v) is 1.98. The Bertz CT molecular complexity index is 318. The van der Waals surface area contributed by atoms with Gasteiger partial charge in [0.2, 0.25) is 6.41 Å². The zero-order valence-electron chi connectivity index (χ0n) is 5.92. The summed E-state index contributed by atoms with van der Waals surface area (Å²) in [4.78, 5) is 26.9. The molecule has 2 N–H and O–H groups in total. The van der Waals surface area contributed by atoms with Gasteiger partial charge in [0.1, 0.15) is 0 Å². The van der Waals surface area contributed by atoms with Gasteiger partial charge in [0, 0.05) is 6.20 Å². The van der Waals surface area contributed by atoms with Crippen molar-refractivity contribution in [2.45, 2.75) is 6.92 Å². The van der Waals surface area contributed by atoms with Crippen molar-refractivity contribution in [1.82, 2.24) is 9.97 Å². The molecule has 5 heteroatoms. The topological polar surface area (TPSA) is 74.8 Å². The lowest BCUT2D eigenvalue weighted by molar-refractivity contribution is -0.105. The van der Waals surface area contributed by atoms with Gasteiger partial charge in [-0.15, -0.1) is 0 Å². The maximum absolute atomic E-state index is 10.8. The molecule has 0 aromatic carbocycles. The Hall–Kier alpha value is -1.65. The summed E-state index contributed by atoms with van der Waals surface area (Å²) in [5.41, 5.74) is 0.247. The first kappa shape index (κ1) is 7.46. The SMILES string of the molecule is Cc1c[nH]c(=O)c(NC=O)n1. The molecule has 0 saturated carbocycles. The highest BCUT2D eigenvalue weighted by Crippen LogP contribution is 1.91. The minimum Gasteiger partial charge on any atom is -0.324 e. The Kier molecular flexibility index (Phi) is 2.00. The van der Waals surface area contributed by atoms with Crippen LogP contribution in [-0.4, -0.2) is 16.4 Å². The normalized spacial score (nSPS) is 9.18. The molecule has 1 amide bonds. The largest absolute Gasteiger partial charge is 0.324 e. The summed E-state index contributed by atoms with van der Waals surface area (Å²) in [5, 5.41) is 2.18. The van der Waals surface area contributed by atoms with Crippen molar-refractivity contribution in [2.75, 3.05) is 5.32 Å². The number of anilines is 1. The summed E-state index contributed by atoms with van der Waals surface area (Å²) >= 11 is 0. The van der Waals surface area contributed by atoms with Crippen molar-refractivity contribution in [3.63, 3.8) is 0 Å². The van der Waals surface area contributed by atoms with Crippen molar-refractivity contribution >= 4 is 12.2 Å². The molecule has 0 aliphatic heterocycles. The number of amides is 1. The molecule has 0 saturated heterocycles. The number of H-pyrrole nitrogens is 1. The predicted molar refractivity (Wildman–Crippen MR) is 39.3 cm³/mol. The van der Waals surface area contributed by atoms with Crippen LogP contribution in [0, 0.1) is 6.92 Å². The van der Waals surface area contributed by atoms with E-state index < -0.39 is 5.56 Å². The Morgan fingerprint density at radius 1 is 1.73 bits per heavy atom. The van der Waals surface area contributed by atoms with E-state index in [2.05, 4.69) is 15.3 Å². The molecule has 0 aliphatic carbocycles. The van der Waals surface area contributed by atoms with Gasteiger partial charge < -0.3 is 10.3 Å². The quantitative estimate of drug-likeness (QED) is 0.570. The van der Waals surface area contributed by atoms with Gasteiger partial charge in [-0.1, -0.05) is 0 Å². The summed E-state index contributed by atoms with van der Waals surface area (Å²) in [5.74, 6) is 0.0278. The van der Waals surface area contributed by atoms with Crippen LogP contribution >= 0.6 is 0 Å². The number of nitrogens with one attached hydrogen (secondary N) is 2. The average molecular weight is 153 g/mol. The predicted octanol–water partition coefficient (Wildman–Crippen LogP) is -0.353. The third kappa shape index (κ3) is 1.64. The second-order valence-electron chi connectivity index (χ2n) is 1.98.